The van der Waals surface area contributed by atoms with Crippen LogP contribution in [-0.2, 0) is 23.9 Å². The van der Waals surface area contributed by atoms with E-state index in [1.54, 1.807) is 13.8 Å². The van der Waals surface area contributed by atoms with E-state index in [2.05, 4.69) is 4.74 Å². The van der Waals surface area contributed by atoms with Crippen LogP contribution >= 0.6 is 0 Å². The first kappa shape index (κ1) is 14.4. The molecule has 0 heterocycles. The highest BCUT2D eigenvalue weighted by Gasteiger charge is 2.09. The first-order valence-electron chi connectivity index (χ1n) is 4.97. The summed E-state index contributed by atoms with van der Waals surface area (Å²) in [5.41, 5.74) is 0. The molecule has 0 radical (unpaired) electrons. The molecule has 0 unspecified atom stereocenters. The molecular weight excluding hydrogens is 216 g/mol. The lowest BCUT2D eigenvalue weighted by atomic mass is 10.2. The van der Waals surface area contributed by atoms with Crippen molar-refractivity contribution in [3.05, 3.63) is 0 Å². The van der Waals surface area contributed by atoms with Crippen molar-refractivity contribution in [1.29, 1.82) is 0 Å². The van der Waals surface area contributed by atoms with Gasteiger partial charge >= 0.3 is 17.9 Å². The zero-order valence-electron chi connectivity index (χ0n) is 9.39. The van der Waals surface area contributed by atoms with Gasteiger partial charge in [-0.3, -0.25) is 14.4 Å². The highest BCUT2D eigenvalue weighted by molar-refractivity contribution is 5.76. The summed E-state index contributed by atoms with van der Waals surface area (Å²) in [6.07, 6.45) is -0.432. The summed E-state index contributed by atoms with van der Waals surface area (Å²) in [6.45, 7) is 3.34. The van der Waals surface area contributed by atoms with E-state index in [9.17, 15) is 14.4 Å². The third-order valence-electron chi connectivity index (χ3n) is 1.61. The van der Waals surface area contributed by atoms with Crippen LogP contribution in [0.5, 0.6) is 0 Å². The molecule has 0 aliphatic carbocycles. The molecule has 0 spiro atoms. The average molecular weight is 232 g/mol. The van der Waals surface area contributed by atoms with Crippen LogP contribution in [0.1, 0.15) is 26.7 Å². The molecule has 0 fully saturated rings. The summed E-state index contributed by atoms with van der Waals surface area (Å²) in [5.74, 6) is -2.24. The van der Waals surface area contributed by atoms with Gasteiger partial charge in [-0.25, -0.2) is 0 Å². The summed E-state index contributed by atoms with van der Waals surface area (Å²) in [4.78, 5) is 32.0. The molecule has 0 saturated carbocycles. The lowest BCUT2D eigenvalue weighted by Gasteiger charge is -2.07. The predicted octanol–water partition coefficient (Wildman–Crippen LogP) is 0.594. The monoisotopic (exact) mass is 232 g/mol. The smallest absolute Gasteiger partial charge is 0.308 e. The van der Waals surface area contributed by atoms with E-state index in [1.165, 1.54) is 0 Å². The van der Waals surface area contributed by atoms with Gasteiger partial charge in [-0.2, -0.15) is 0 Å². The number of carboxylic acids is 1. The van der Waals surface area contributed by atoms with Crippen molar-refractivity contribution in [1.82, 2.24) is 0 Å². The number of carbonyl (C=O) groups excluding carboxylic acids is 2. The standard InChI is InChI=1S/C10H16O6/c1-7(2)10(14)16-6-5-15-9(13)4-3-8(11)12/h7H,3-6H2,1-2H3,(H,11,12). The topological polar surface area (TPSA) is 89.9 Å². The second-order valence-corrected chi connectivity index (χ2v) is 3.44. The quantitative estimate of drug-likeness (QED) is 0.510. The molecule has 1 N–H and O–H groups in total. The Morgan fingerprint density at radius 1 is 1.06 bits per heavy atom. The van der Waals surface area contributed by atoms with Crippen molar-refractivity contribution in [2.24, 2.45) is 5.92 Å². The highest BCUT2D eigenvalue weighted by Crippen LogP contribution is 1.96. The second kappa shape index (κ2) is 7.67. The summed E-state index contributed by atoms with van der Waals surface area (Å²) < 4.78 is 9.39. The van der Waals surface area contributed by atoms with E-state index in [-0.39, 0.29) is 37.9 Å². The number of rotatable bonds is 7. The summed E-state index contributed by atoms with van der Waals surface area (Å²) in [6, 6.07) is 0. The minimum Gasteiger partial charge on any atom is -0.481 e. The van der Waals surface area contributed by atoms with Crippen molar-refractivity contribution in [3.8, 4) is 0 Å². The van der Waals surface area contributed by atoms with Crippen LogP contribution in [0.4, 0.5) is 0 Å². The lowest BCUT2D eigenvalue weighted by molar-refractivity contribution is -0.155. The van der Waals surface area contributed by atoms with Crippen molar-refractivity contribution in [3.63, 3.8) is 0 Å². The van der Waals surface area contributed by atoms with Gasteiger partial charge in [-0.15, -0.1) is 0 Å². The minimum atomic E-state index is -1.05. The largest absolute Gasteiger partial charge is 0.481 e. The second-order valence-electron chi connectivity index (χ2n) is 3.44. The molecule has 16 heavy (non-hydrogen) atoms. The molecule has 0 saturated heterocycles. The zero-order valence-corrected chi connectivity index (χ0v) is 9.39. The molecule has 0 rings (SSSR count). The van der Waals surface area contributed by atoms with Crippen LogP contribution < -0.4 is 0 Å². The van der Waals surface area contributed by atoms with Crippen LogP contribution in [-0.4, -0.2) is 36.2 Å². The molecule has 0 atom stereocenters. The summed E-state index contributed by atoms with van der Waals surface area (Å²) >= 11 is 0. The third-order valence-corrected chi connectivity index (χ3v) is 1.61. The Labute approximate surface area is 93.5 Å². The van der Waals surface area contributed by atoms with Gasteiger partial charge in [0, 0.05) is 0 Å². The molecular formula is C10H16O6. The van der Waals surface area contributed by atoms with Gasteiger partial charge in [0.05, 0.1) is 18.8 Å². The van der Waals surface area contributed by atoms with Gasteiger partial charge in [-0.05, 0) is 0 Å². The van der Waals surface area contributed by atoms with Crippen LogP contribution in [0.2, 0.25) is 0 Å². The van der Waals surface area contributed by atoms with E-state index in [0.717, 1.165) is 0 Å². The van der Waals surface area contributed by atoms with Gasteiger partial charge in [0.1, 0.15) is 13.2 Å². The van der Waals surface area contributed by atoms with Crippen LogP contribution in [0, 0.1) is 5.92 Å². The number of esters is 2. The summed E-state index contributed by atoms with van der Waals surface area (Å²) in [7, 11) is 0. The number of hydrogen-bond acceptors (Lipinski definition) is 5. The van der Waals surface area contributed by atoms with E-state index in [1.807, 2.05) is 0 Å². The number of hydrogen-bond donors (Lipinski definition) is 1. The number of carboxylic acid groups (broad SMARTS) is 1. The Balaban J connectivity index is 3.48. The molecule has 0 bridgehead atoms. The first-order chi connectivity index (χ1) is 7.43. The maximum Gasteiger partial charge on any atom is 0.308 e. The maximum atomic E-state index is 11.0. The molecule has 0 aromatic rings. The fraction of sp³-hybridized carbons (Fsp3) is 0.700. The Morgan fingerprint density at radius 3 is 2.12 bits per heavy atom. The Bertz CT molecular complexity index is 258. The SMILES string of the molecule is CC(C)C(=O)OCCOC(=O)CCC(=O)O. The number of aliphatic carboxylic acids is 1. The first-order valence-corrected chi connectivity index (χ1v) is 4.97. The van der Waals surface area contributed by atoms with Crippen molar-refractivity contribution in [2.75, 3.05) is 13.2 Å². The highest BCUT2D eigenvalue weighted by atomic mass is 16.6. The molecule has 0 aliphatic rings. The third kappa shape index (κ3) is 7.78. The van der Waals surface area contributed by atoms with Crippen LogP contribution in [0.25, 0.3) is 0 Å². The van der Waals surface area contributed by atoms with Crippen molar-refractivity contribution < 1.29 is 29.0 Å². The molecule has 6 heteroatoms. The van der Waals surface area contributed by atoms with Crippen molar-refractivity contribution >= 4 is 17.9 Å². The Hall–Kier alpha value is -1.59. The summed E-state index contributed by atoms with van der Waals surface area (Å²) in [5, 5.41) is 8.29. The van der Waals surface area contributed by atoms with Gasteiger partial charge < -0.3 is 14.6 Å². The molecule has 0 aliphatic heterocycles. The van der Waals surface area contributed by atoms with Crippen molar-refractivity contribution in [2.45, 2.75) is 26.7 Å². The lowest BCUT2D eigenvalue weighted by Crippen LogP contribution is -2.17. The fourth-order valence-electron chi connectivity index (χ4n) is 0.746. The zero-order chi connectivity index (χ0) is 12.6. The maximum absolute atomic E-state index is 11.0. The minimum absolute atomic E-state index is 0.00414. The number of ether oxygens (including phenoxy) is 2. The molecule has 0 aromatic heterocycles. The van der Waals surface area contributed by atoms with E-state index in [4.69, 9.17) is 9.84 Å². The normalized spacial score (nSPS) is 9.94. The van der Waals surface area contributed by atoms with Crippen LogP contribution in [0.3, 0.4) is 0 Å². The Kier molecular flexibility index (Phi) is 6.91. The van der Waals surface area contributed by atoms with Gasteiger partial charge in [0.25, 0.3) is 0 Å². The van der Waals surface area contributed by atoms with E-state index < -0.39 is 11.9 Å². The fourth-order valence-corrected chi connectivity index (χ4v) is 0.746. The number of carbonyl (C=O) groups is 3. The van der Waals surface area contributed by atoms with Crippen LogP contribution in [0.15, 0.2) is 0 Å². The molecule has 0 amide bonds. The van der Waals surface area contributed by atoms with Gasteiger partial charge in [-0.1, -0.05) is 13.8 Å². The molecule has 6 nitrogen and oxygen atoms in total. The Morgan fingerprint density at radius 2 is 1.62 bits per heavy atom. The average Bonchev–Trinajstić information content (AvgIpc) is 2.20. The van der Waals surface area contributed by atoms with E-state index >= 15 is 0 Å². The van der Waals surface area contributed by atoms with Gasteiger partial charge in [0.2, 0.25) is 0 Å². The predicted molar refractivity (Wildman–Crippen MR) is 53.6 cm³/mol. The van der Waals surface area contributed by atoms with Gasteiger partial charge in [0.15, 0.2) is 0 Å². The van der Waals surface area contributed by atoms with E-state index in [0.29, 0.717) is 0 Å². The molecule has 0 aromatic carbocycles. The molecule has 92 valence electrons.